The largest absolute Gasteiger partial charge is 0.481 e. The second-order valence-corrected chi connectivity index (χ2v) is 4.71. The Balaban J connectivity index is 2.22. The summed E-state index contributed by atoms with van der Waals surface area (Å²) in [7, 11) is 0. The van der Waals surface area contributed by atoms with E-state index in [-0.39, 0.29) is 24.5 Å². The molecule has 3 unspecified atom stereocenters. The highest BCUT2D eigenvalue weighted by molar-refractivity contribution is 5.76. The van der Waals surface area contributed by atoms with Gasteiger partial charge < -0.3 is 15.7 Å². The number of hydrogen-bond donors (Lipinski definition) is 3. The van der Waals surface area contributed by atoms with Crippen LogP contribution in [-0.4, -0.2) is 29.2 Å². The van der Waals surface area contributed by atoms with Gasteiger partial charge in [-0.25, -0.2) is 4.79 Å². The summed E-state index contributed by atoms with van der Waals surface area (Å²) in [5.74, 6) is -0.266. The average Bonchev–Trinajstić information content (AvgIpc) is 2.95. The molecule has 98 valence electrons. The van der Waals surface area contributed by atoms with Crippen LogP contribution in [0.25, 0.3) is 0 Å². The van der Waals surface area contributed by atoms with Crippen molar-refractivity contribution in [3.63, 3.8) is 0 Å². The number of carbonyl (C=O) groups is 2. The zero-order valence-electron chi connectivity index (χ0n) is 10.5. The SMILES string of the molecule is CCCC1CC1NC(=O)NC(CC)CC(=O)O. The number of carboxylic acids is 1. The monoisotopic (exact) mass is 242 g/mol. The maximum absolute atomic E-state index is 11.6. The number of aliphatic carboxylic acids is 1. The van der Waals surface area contributed by atoms with E-state index in [2.05, 4.69) is 17.6 Å². The number of urea groups is 1. The van der Waals surface area contributed by atoms with Crippen LogP contribution in [0.4, 0.5) is 4.79 Å². The van der Waals surface area contributed by atoms with Crippen LogP contribution in [0.5, 0.6) is 0 Å². The van der Waals surface area contributed by atoms with E-state index in [1.165, 1.54) is 0 Å². The quantitative estimate of drug-likeness (QED) is 0.636. The van der Waals surface area contributed by atoms with E-state index in [1.807, 2.05) is 6.92 Å². The Morgan fingerprint density at radius 2 is 2.12 bits per heavy atom. The van der Waals surface area contributed by atoms with Crippen molar-refractivity contribution < 1.29 is 14.7 Å². The molecule has 0 spiro atoms. The van der Waals surface area contributed by atoms with E-state index in [0.29, 0.717) is 12.3 Å². The van der Waals surface area contributed by atoms with E-state index in [4.69, 9.17) is 5.11 Å². The van der Waals surface area contributed by atoms with Crippen molar-refractivity contribution in [1.82, 2.24) is 10.6 Å². The maximum atomic E-state index is 11.6. The molecule has 1 fully saturated rings. The van der Waals surface area contributed by atoms with Crippen LogP contribution in [0, 0.1) is 5.92 Å². The van der Waals surface area contributed by atoms with Crippen LogP contribution >= 0.6 is 0 Å². The van der Waals surface area contributed by atoms with Crippen molar-refractivity contribution in [1.29, 1.82) is 0 Å². The van der Waals surface area contributed by atoms with Gasteiger partial charge in [-0.15, -0.1) is 0 Å². The molecule has 1 aliphatic rings. The Bertz CT molecular complexity index is 281. The highest BCUT2D eigenvalue weighted by Gasteiger charge is 2.37. The molecule has 1 aliphatic carbocycles. The van der Waals surface area contributed by atoms with Gasteiger partial charge in [-0.05, 0) is 25.2 Å². The lowest BCUT2D eigenvalue weighted by Crippen LogP contribution is -2.43. The predicted molar refractivity (Wildman–Crippen MR) is 64.8 cm³/mol. The highest BCUT2D eigenvalue weighted by Crippen LogP contribution is 2.34. The molecule has 3 atom stereocenters. The van der Waals surface area contributed by atoms with Gasteiger partial charge >= 0.3 is 12.0 Å². The van der Waals surface area contributed by atoms with Gasteiger partial charge in [-0.2, -0.15) is 0 Å². The number of carbonyl (C=O) groups excluding carboxylic acids is 1. The molecule has 2 amide bonds. The van der Waals surface area contributed by atoms with Crippen molar-refractivity contribution in [2.45, 2.75) is 58.0 Å². The van der Waals surface area contributed by atoms with Gasteiger partial charge in [0.05, 0.1) is 6.42 Å². The minimum atomic E-state index is -0.882. The molecule has 0 aromatic heterocycles. The lowest BCUT2D eigenvalue weighted by molar-refractivity contribution is -0.137. The van der Waals surface area contributed by atoms with Crippen molar-refractivity contribution in [2.24, 2.45) is 5.92 Å². The summed E-state index contributed by atoms with van der Waals surface area (Å²) < 4.78 is 0. The summed E-state index contributed by atoms with van der Waals surface area (Å²) in [6, 6.07) is -0.227. The molecule has 0 aromatic rings. The van der Waals surface area contributed by atoms with Gasteiger partial charge in [0.15, 0.2) is 0 Å². The average molecular weight is 242 g/mol. The molecular weight excluding hydrogens is 220 g/mol. The van der Waals surface area contributed by atoms with Gasteiger partial charge in [0, 0.05) is 12.1 Å². The first-order chi connectivity index (χ1) is 8.06. The topological polar surface area (TPSA) is 78.4 Å². The molecule has 0 heterocycles. The Morgan fingerprint density at radius 3 is 2.65 bits per heavy atom. The minimum absolute atomic E-state index is 0.0209. The number of rotatable bonds is 7. The van der Waals surface area contributed by atoms with Gasteiger partial charge in [-0.3, -0.25) is 4.79 Å². The summed E-state index contributed by atoms with van der Waals surface area (Å²) in [6.07, 6.45) is 3.95. The Hall–Kier alpha value is -1.26. The molecule has 17 heavy (non-hydrogen) atoms. The van der Waals surface area contributed by atoms with E-state index in [1.54, 1.807) is 0 Å². The molecule has 1 saturated carbocycles. The summed E-state index contributed by atoms with van der Waals surface area (Å²) in [5.41, 5.74) is 0. The standard InChI is InChI=1S/C12H22N2O3/c1-3-5-8-6-10(8)14-12(17)13-9(4-2)7-11(15)16/h8-10H,3-7H2,1-2H3,(H,15,16)(H2,13,14,17). The molecule has 0 aliphatic heterocycles. The summed E-state index contributed by atoms with van der Waals surface area (Å²) >= 11 is 0. The van der Waals surface area contributed by atoms with Crippen LogP contribution in [0.15, 0.2) is 0 Å². The summed E-state index contributed by atoms with van der Waals surface area (Å²) in [6.45, 7) is 4.00. The number of hydrogen-bond acceptors (Lipinski definition) is 2. The number of nitrogens with one attached hydrogen (secondary N) is 2. The van der Waals surface area contributed by atoms with Crippen LogP contribution < -0.4 is 10.6 Å². The fourth-order valence-electron chi connectivity index (χ4n) is 2.02. The zero-order valence-corrected chi connectivity index (χ0v) is 10.5. The van der Waals surface area contributed by atoms with Gasteiger partial charge in [0.2, 0.25) is 0 Å². The zero-order chi connectivity index (χ0) is 12.8. The fraction of sp³-hybridized carbons (Fsp3) is 0.833. The van der Waals surface area contributed by atoms with Crippen LogP contribution in [-0.2, 0) is 4.79 Å². The molecule has 0 aromatic carbocycles. The third kappa shape index (κ3) is 5.06. The first-order valence-electron chi connectivity index (χ1n) is 6.35. The Labute approximate surface area is 102 Å². The lowest BCUT2D eigenvalue weighted by Gasteiger charge is -2.15. The third-order valence-electron chi connectivity index (χ3n) is 3.15. The third-order valence-corrected chi connectivity index (χ3v) is 3.15. The Kier molecular flexibility index (Phi) is 5.25. The molecule has 1 rings (SSSR count). The van der Waals surface area contributed by atoms with Crippen molar-refractivity contribution in [3.05, 3.63) is 0 Å². The van der Waals surface area contributed by atoms with Crippen LogP contribution in [0.3, 0.4) is 0 Å². The molecular formula is C12H22N2O3. The van der Waals surface area contributed by atoms with Gasteiger partial charge in [0.25, 0.3) is 0 Å². The van der Waals surface area contributed by atoms with Gasteiger partial charge in [0.1, 0.15) is 0 Å². The van der Waals surface area contributed by atoms with Gasteiger partial charge in [-0.1, -0.05) is 20.3 Å². The van der Waals surface area contributed by atoms with E-state index in [0.717, 1.165) is 19.3 Å². The molecule has 0 saturated heterocycles. The van der Waals surface area contributed by atoms with Crippen LogP contribution in [0.1, 0.15) is 46.0 Å². The predicted octanol–water partition coefficient (Wildman–Crippen LogP) is 1.73. The van der Waals surface area contributed by atoms with E-state index >= 15 is 0 Å². The first-order valence-corrected chi connectivity index (χ1v) is 6.35. The summed E-state index contributed by atoms with van der Waals surface area (Å²) in [5, 5.41) is 14.2. The van der Waals surface area contributed by atoms with Crippen molar-refractivity contribution in [3.8, 4) is 0 Å². The molecule has 0 radical (unpaired) electrons. The van der Waals surface area contributed by atoms with E-state index < -0.39 is 5.97 Å². The molecule has 5 heteroatoms. The molecule has 0 bridgehead atoms. The fourth-order valence-corrected chi connectivity index (χ4v) is 2.02. The first kappa shape index (κ1) is 13.8. The lowest BCUT2D eigenvalue weighted by atomic mass is 10.1. The van der Waals surface area contributed by atoms with Crippen molar-refractivity contribution in [2.75, 3.05) is 0 Å². The van der Waals surface area contributed by atoms with Crippen molar-refractivity contribution >= 4 is 12.0 Å². The summed E-state index contributed by atoms with van der Waals surface area (Å²) in [4.78, 5) is 22.1. The smallest absolute Gasteiger partial charge is 0.315 e. The van der Waals surface area contributed by atoms with E-state index in [9.17, 15) is 9.59 Å². The second kappa shape index (κ2) is 6.47. The Morgan fingerprint density at radius 1 is 1.41 bits per heavy atom. The normalized spacial score (nSPS) is 23.9. The maximum Gasteiger partial charge on any atom is 0.315 e. The second-order valence-electron chi connectivity index (χ2n) is 4.71. The number of carboxylic acid groups (broad SMARTS) is 1. The molecule has 3 N–H and O–H groups in total. The molecule has 5 nitrogen and oxygen atoms in total. The highest BCUT2D eigenvalue weighted by atomic mass is 16.4. The minimum Gasteiger partial charge on any atom is -0.481 e. The van der Waals surface area contributed by atoms with Crippen LogP contribution in [0.2, 0.25) is 0 Å². The number of amides is 2.